The molecule has 4 rings (SSSR count). The lowest BCUT2D eigenvalue weighted by molar-refractivity contribution is -0.137. The van der Waals surface area contributed by atoms with Gasteiger partial charge >= 0.3 is 6.18 Å². The van der Waals surface area contributed by atoms with Crippen LogP contribution < -0.4 is 5.73 Å². The Labute approximate surface area is 189 Å². The number of carbonyl (C=O) groups is 1. The lowest BCUT2D eigenvalue weighted by Crippen LogP contribution is -2.34. The molecule has 1 aromatic carbocycles. The molecule has 0 fully saturated rings. The first-order chi connectivity index (χ1) is 15.5. The molecular formula is C24H25F3N4O2. The maximum absolute atomic E-state index is 13.4. The molecule has 0 bridgehead atoms. The van der Waals surface area contributed by atoms with Crippen molar-refractivity contribution in [3.63, 3.8) is 0 Å². The molecule has 2 N–H and O–H groups in total. The zero-order chi connectivity index (χ0) is 23.9. The largest absolute Gasteiger partial charge is 0.417 e. The highest BCUT2D eigenvalue weighted by atomic mass is 19.4. The fraction of sp³-hybridized carbons (Fsp3) is 0.375. The van der Waals surface area contributed by atoms with Crippen LogP contribution in [-0.2, 0) is 24.1 Å². The van der Waals surface area contributed by atoms with Crippen molar-refractivity contribution in [1.82, 2.24) is 14.9 Å². The Balaban J connectivity index is 1.66. The van der Waals surface area contributed by atoms with Crippen LogP contribution in [0.2, 0.25) is 0 Å². The third-order valence-corrected chi connectivity index (χ3v) is 5.67. The van der Waals surface area contributed by atoms with Crippen LogP contribution in [0, 0.1) is 5.92 Å². The molecule has 0 spiro atoms. The summed E-state index contributed by atoms with van der Waals surface area (Å²) in [5.41, 5.74) is 8.59. The number of anilines is 1. The number of amides is 1. The second-order valence-corrected chi connectivity index (χ2v) is 8.69. The monoisotopic (exact) mass is 458 g/mol. The number of benzene rings is 1. The van der Waals surface area contributed by atoms with Crippen molar-refractivity contribution in [1.29, 1.82) is 0 Å². The maximum Gasteiger partial charge on any atom is 0.417 e. The molecule has 2 aromatic heterocycles. The number of carbonyl (C=O) groups excluding carboxylic acids is 1. The number of nitrogens with zero attached hydrogens (tertiary/aromatic N) is 3. The van der Waals surface area contributed by atoms with E-state index in [2.05, 4.69) is 9.97 Å². The first kappa shape index (κ1) is 23.0. The lowest BCUT2D eigenvalue weighted by Gasteiger charge is -2.25. The topological polar surface area (TPSA) is 81.3 Å². The van der Waals surface area contributed by atoms with E-state index in [1.54, 1.807) is 23.1 Å². The summed E-state index contributed by atoms with van der Waals surface area (Å²) in [5, 5.41) is 0.812. The van der Waals surface area contributed by atoms with Crippen LogP contribution in [0.15, 0.2) is 36.5 Å². The van der Waals surface area contributed by atoms with E-state index in [0.717, 1.165) is 28.8 Å². The summed E-state index contributed by atoms with van der Waals surface area (Å²) >= 11 is 0. The van der Waals surface area contributed by atoms with E-state index in [1.165, 1.54) is 6.07 Å². The highest BCUT2D eigenvalue weighted by Crippen LogP contribution is 2.38. The second-order valence-electron chi connectivity index (χ2n) is 8.69. The van der Waals surface area contributed by atoms with E-state index in [-0.39, 0.29) is 24.5 Å². The van der Waals surface area contributed by atoms with Gasteiger partial charge in [0.1, 0.15) is 5.82 Å². The van der Waals surface area contributed by atoms with Gasteiger partial charge in [-0.1, -0.05) is 13.8 Å². The zero-order valence-electron chi connectivity index (χ0n) is 18.6. The van der Waals surface area contributed by atoms with Gasteiger partial charge in [0.2, 0.25) is 0 Å². The average Bonchev–Trinajstić information content (AvgIpc) is 3.14. The van der Waals surface area contributed by atoms with Crippen LogP contribution in [-0.4, -0.2) is 27.3 Å². The number of halogens is 3. The van der Waals surface area contributed by atoms with Crippen molar-refractivity contribution >= 4 is 22.6 Å². The number of fused-ring (bicyclic) bond motifs is 3. The summed E-state index contributed by atoms with van der Waals surface area (Å²) < 4.78 is 44.3. The minimum Gasteiger partial charge on any atom is -0.383 e. The van der Waals surface area contributed by atoms with Gasteiger partial charge in [0.05, 0.1) is 36.0 Å². The Kier molecular flexibility index (Phi) is 6.00. The van der Waals surface area contributed by atoms with E-state index in [1.807, 2.05) is 20.8 Å². The number of hydrogen-bond acceptors (Lipinski definition) is 5. The first-order valence-electron chi connectivity index (χ1n) is 10.7. The average molecular weight is 458 g/mol. The molecule has 0 saturated carbocycles. The van der Waals surface area contributed by atoms with Gasteiger partial charge < -0.3 is 15.4 Å². The molecular weight excluding hydrogens is 433 g/mol. The summed E-state index contributed by atoms with van der Waals surface area (Å²) in [4.78, 5) is 23.4. The smallest absolute Gasteiger partial charge is 0.383 e. The molecule has 1 unspecified atom stereocenters. The molecule has 33 heavy (non-hydrogen) atoms. The molecule has 9 heteroatoms. The van der Waals surface area contributed by atoms with Crippen molar-refractivity contribution in [2.45, 2.75) is 46.2 Å². The van der Waals surface area contributed by atoms with E-state index in [0.29, 0.717) is 35.7 Å². The molecule has 1 aliphatic heterocycles. The number of ether oxygens (including phenoxy) is 1. The predicted octanol–water partition coefficient (Wildman–Crippen LogP) is 5.12. The number of nitrogens with two attached hydrogens (primary N) is 1. The molecule has 0 radical (unpaired) electrons. The van der Waals surface area contributed by atoms with Gasteiger partial charge in [0, 0.05) is 29.3 Å². The number of pyridine rings is 2. The molecule has 1 amide bonds. The van der Waals surface area contributed by atoms with Crippen LogP contribution in [0.3, 0.4) is 0 Å². The van der Waals surface area contributed by atoms with Gasteiger partial charge in [0.15, 0.2) is 0 Å². The van der Waals surface area contributed by atoms with Crippen LogP contribution in [0.1, 0.15) is 59.6 Å². The van der Waals surface area contributed by atoms with Crippen LogP contribution in [0.25, 0.3) is 10.9 Å². The van der Waals surface area contributed by atoms with E-state index < -0.39 is 11.7 Å². The lowest BCUT2D eigenvalue weighted by atomic mass is 10.00. The Bertz CT molecular complexity index is 1190. The Morgan fingerprint density at radius 3 is 2.67 bits per heavy atom. The molecule has 0 saturated heterocycles. The molecule has 3 heterocycles. The van der Waals surface area contributed by atoms with Crippen LogP contribution in [0.4, 0.5) is 19.0 Å². The number of aromatic nitrogens is 2. The van der Waals surface area contributed by atoms with Crippen molar-refractivity contribution in [3.8, 4) is 0 Å². The molecule has 1 atom stereocenters. The fourth-order valence-corrected chi connectivity index (χ4v) is 4.12. The Hall–Kier alpha value is -3.20. The summed E-state index contributed by atoms with van der Waals surface area (Å²) in [6.07, 6.45) is -3.83. The van der Waals surface area contributed by atoms with Crippen LogP contribution >= 0.6 is 0 Å². The van der Waals surface area contributed by atoms with Crippen molar-refractivity contribution in [2.75, 3.05) is 12.3 Å². The van der Waals surface area contributed by atoms with E-state index >= 15 is 0 Å². The molecule has 6 nitrogen and oxygen atoms in total. The molecule has 174 valence electrons. The van der Waals surface area contributed by atoms with E-state index in [4.69, 9.17) is 10.5 Å². The van der Waals surface area contributed by atoms with Gasteiger partial charge in [-0.05, 0) is 48.7 Å². The quantitative estimate of drug-likeness (QED) is 0.574. The molecule has 1 aliphatic rings. The normalized spacial score (nSPS) is 15.8. The zero-order valence-corrected chi connectivity index (χ0v) is 18.6. The molecule has 0 aliphatic carbocycles. The maximum atomic E-state index is 13.4. The van der Waals surface area contributed by atoms with Gasteiger partial charge in [-0.15, -0.1) is 0 Å². The van der Waals surface area contributed by atoms with Gasteiger partial charge in [-0.2, -0.15) is 13.2 Å². The number of nitrogen functional groups attached to an aromatic ring is 1. The third kappa shape index (κ3) is 4.64. The minimum atomic E-state index is -4.46. The summed E-state index contributed by atoms with van der Waals surface area (Å²) in [6.45, 7) is 6.77. The number of rotatable bonds is 5. The Morgan fingerprint density at radius 2 is 2.03 bits per heavy atom. The standard InChI is InChI=1S/C24H25F3N4O2/c1-13(2)10-31(11-17-6-5-16(9-29-17)24(25,26)27)23(32)15-4-7-20-18(8-15)19-12-33-14(3)21(19)22(28)30-20/h4-9,13-14H,10-12H2,1-3H3,(H2,28,30). The van der Waals surface area contributed by atoms with E-state index in [9.17, 15) is 18.0 Å². The number of alkyl halides is 3. The highest BCUT2D eigenvalue weighted by molar-refractivity contribution is 5.99. The molecule has 3 aromatic rings. The number of hydrogen-bond donors (Lipinski definition) is 1. The van der Waals surface area contributed by atoms with Crippen molar-refractivity contribution in [3.05, 3.63) is 64.5 Å². The van der Waals surface area contributed by atoms with Gasteiger partial charge in [-0.3, -0.25) is 9.78 Å². The van der Waals surface area contributed by atoms with Crippen molar-refractivity contribution < 1.29 is 22.7 Å². The van der Waals surface area contributed by atoms with Gasteiger partial charge in [0.25, 0.3) is 5.91 Å². The first-order valence-corrected chi connectivity index (χ1v) is 10.7. The third-order valence-electron chi connectivity index (χ3n) is 5.67. The highest BCUT2D eigenvalue weighted by Gasteiger charge is 2.31. The SMILES string of the molecule is CC(C)CN(Cc1ccc(C(F)(F)F)cn1)C(=O)c1ccc2nc(N)c3c(c2c1)COC3C. The summed E-state index contributed by atoms with van der Waals surface area (Å²) in [6, 6.07) is 7.53. The second kappa shape index (κ2) is 8.62. The minimum absolute atomic E-state index is 0.103. The fourth-order valence-electron chi connectivity index (χ4n) is 4.12. The van der Waals surface area contributed by atoms with Crippen LogP contribution in [0.5, 0.6) is 0 Å². The summed E-state index contributed by atoms with van der Waals surface area (Å²) in [7, 11) is 0. The van der Waals surface area contributed by atoms with Gasteiger partial charge in [-0.25, -0.2) is 4.98 Å². The Morgan fingerprint density at radius 1 is 1.27 bits per heavy atom. The summed E-state index contributed by atoms with van der Waals surface area (Å²) in [5.74, 6) is 0.352. The predicted molar refractivity (Wildman–Crippen MR) is 118 cm³/mol. The van der Waals surface area contributed by atoms with Crippen molar-refractivity contribution in [2.24, 2.45) is 5.92 Å².